The lowest BCUT2D eigenvalue weighted by molar-refractivity contribution is 0.0927. The first-order chi connectivity index (χ1) is 15.1. The molecule has 0 fully saturated rings. The number of pyridine rings is 1. The van der Waals surface area contributed by atoms with Crippen molar-refractivity contribution in [2.24, 2.45) is 0 Å². The van der Waals surface area contributed by atoms with Crippen LogP contribution in [0, 0.1) is 6.92 Å². The monoisotopic (exact) mass is 404 g/mol. The van der Waals surface area contributed by atoms with Crippen LogP contribution in [0.25, 0.3) is 27.5 Å². The van der Waals surface area contributed by atoms with Gasteiger partial charge in [0.05, 0.1) is 33.6 Å². The summed E-state index contributed by atoms with van der Waals surface area (Å²) in [4.78, 5) is 32.7. The quantitative estimate of drug-likeness (QED) is 0.401. The molecule has 2 amide bonds. The van der Waals surface area contributed by atoms with Crippen LogP contribution >= 0.6 is 0 Å². The molecule has 3 heterocycles. The van der Waals surface area contributed by atoms with Gasteiger partial charge in [0.15, 0.2) is 5.65 Å². The first-order valence-corrected chi connectivity index (χ1v) is 9.95. The molecule has 0 unspecified atom stereocenters. The summed E-state index contributed by atoms with van der Waals surface area (Å²) in [5, 5.41) is 7.04. The van der Waals surface area contributed by atoms with Gasteiger partial charge in [-0.05, 0) is 30.5 Å². The van der Waals surface area contributed by atoms with Gasteiger partial charge in [0.1, 0.15) is 0 Å². The first-order valence-electron chi connectivity index (χ1n) is 9.95. The lowest BCUT2D eigenvalue weighted by Gasteiger charge is -2.16. The van der Waals surface area contributed by atoms with Gasteiger partial charge in [-0.2, -0.15) is 5.10 Å². The number of hydrogen-bond acceptors (Lipinski definition) is 4. The third kappa shape index (κ3) is 2.39. The van der Waals surface area contributed by atoms with Crippen LogP contribution in [0.3, 0.4) is 0 Å². The van der Waals surface area contributed by atoms with Crippen molar-refractivity contribution in [3.05, 3.63) is 95.8 Å². The number of carbonyl (C=O) groups is 2. The van der Waals surface area contributed by atoms with Crippen LogP contribution in [0.1, 0.15) is 26.4 Å². The minimum absolute atomic E-state index is 0.307. The summed E-state index contributed by atoms with van der Waals surface area (Å²) < 4.78 is 1.71. The molecule has 1 aliphatic rings. The molecule has 5 aromatic rings. The van der Waals surface area contributed by atoms with E-state index in [2.05, 4.69) is 10.1 Å². The Morgan fingerprint density at radius 1 is 0.806 bits per heavy atom. The number of anilines is 1. The lowest BCUT2D eigenvalue weighted by atomic mass is 10.1. The molecule has 31 heavy (non-hydrogen) atoms. The molecular weight excluding hydrogens is 388 g/mol. The van der Waals surface area contributed by atoms with E-state index in [-0.39, 0.29) is 11.8 Å². The first kappa shape index (κ1) is 17.5. The number of aromatic nitrogens is 3. The van der Waals surface area contributed by atoms with Gasteiger partial charge in [0.25, 0.3) is 11.8 Å². The van der Waals surface area contributed by atoms with E-state index in [4.69, 9.17) is 0 Å². The fourth-order valence-electron chi connectivity index (χ4n) is 4.33. The molecule has 1 aliphatic heterocycles. The van der Waals surface area contributed by atoms with Crippen LogP contribution in [0.4, 0.5) is 5.69 Å². The second-order valence-electron chi connectivity index (χ2n) is 7.52. The van der Waals surface area contributed by atoms with Crippen molar-refractivity contribution >= 4 is 39.3 Å². The van der Waals surface area contributed by atoms with E-state index < -0.39 is 0 Å². The molecular formula is C25H16N4O2. The normalized spacial score (nSPS) is 13.4. The summed E-state index contributed by atoms with van der Waals surface area (Å²) in [6.45, 7) is 1.84. The number of nitrogens with zero attached hydrogens (tertiary/aromatic N) is 4. The standard InChI is InChI=1S/C25H16N4O2/c1-15-21-22-19(14-26-23(21)29(27-15)17-10-3-2-4-11-17)24(30)28(25(22)31)20-13-7-9-16-8-5-6-12-18(16)20/h2-14H,1H3. The van der Waals surface area contributed by atoms with Gasteiger partial charge in [0, 0.05) is 11.6 Å². The summed E-state index contributed by atoms with van der Waals surface area (Å²) in [5.41, 5.74) is 3.30. The van der Waals surface area contributed by atoms with E-state index in [1.807, 2.05) is 73.7 Å². The largest absolute Gasteiger partial charge is 0.268 e. The smallest absolute Gasteiger partial charge is 0.267 e. The van der Waals surface area contributed by atoms with E-state index in [0.717, 1.165) is 16.5 Å². The maximum Gasteiger partial charge on any atom is 0.267 e. The number of hydrogen-bond donors (Lipinski definition) is 0. The Kier molecular flexibility index (Phi) is 3.58. The number of rotatable bonds is 2. The second-order valence-corrected chi connectivity index (χ2v) is 7.52. The van der Waals surface area contributed by atoms with Crippen molar-refractivity contribution in [2.45, 2.75) is 6.92 Å². The second kappa shape index (κ2) is 6.34. The van der Waals surface area contributed by atoms with E-state index in [1.165, 1.54) is 11.1 Å². The molecule has 6 nitrogen and oxygen atoms in total. The van der Waals surface area contributed by atoms with Crippen LogP contribution in [0.2, 0.25) is 0 Å². The highest BCUT2D eigenvalue weighted by Gasteiger charge is 2.40. The van der Waals surface area contributed by atoms with Crippen molar-refractivity contribution in [3.63, 3.8) is 0 Å². The van der Waals surface area contributed by atoms with Crippen molar-refractivity contribution in [3.8, 4) is 5.69 Å². The Bertz CT molecular complexity index is 1530. The molecule has 3 aromatic carbocycles. The summed E-state index contributed by atoms with van der Waals surface area (Å²) in [6.07, 6.45) is 1.49. The van der Waals surface area contributed by atoms with Gasteiger partial charge < -0.3 is 0 Å². The maximum absolute atomic E-state index is 13.6. The van der Waals surface area contributed by atoms with E-state index >= 15 is 0 Å². The Labute approximate surface area is 177 Å². The van der Waals surface area contributed by atoms with E-state index in [1.54, 1.807) is 10.7 Å². The topological polar surface area (TPSA) is 68.1 Å². The molecule has 0 radical (unpaired) electrons. The minimum Gasteiger partial charge on any atom is -0.268 e. The van der Waals surface area contributed by atoms with Crippen LogP contribution in [-0.2, 0) is 0 Å². The fourth-order valence-corrected chi connectivity index (χ4v) is 4.33. The van der Waals surface area contributed by atoms with Crippen molar-refractivity contribution in [1.82, 2.24) is 14.8 Å². The molecule has 0 saturated carbocycles. The van der Waals surface area contributed by atoms with E-state index in [0.29, 0.717) is 33.5 Å². The van der Waals surface area contributed by atoms with Gasteiger partial charge in [-0.15, -0.1) is 0 Å². The van der Waals surface area contributed by atoms with Crippen molar-refractivity contribution < 1.29 is 9.59 Å². The number of carbonyl (C=O) groups excluding carboxylic acids is 2. The molecule has 0 N–H and O–H groups in total. The third-order valence-electron chi connectivity index (χ3n) is 5.73. The lowest BCUT2D eigenvalue weighted by Crippen LogP contribution is -2.29. The maximum atomic E-state index is 13.6. The number of amides is 2. The Morgan fingerprint density at radius 2 is 1.55 bits per heavy atom. The number of imide groups is 1. The van der Waals surface area contributed by atoms with Crippen LogP contribution in [0.5, 0.6) is 0 Å². The van der Waals surface area contributed by atoms with Gasteiger partial charge >= 0.3 is 0 Å². The number of para-hydroxylation sites is 1. The number of benzene rings is 3. The van der Waals surface area contributed by atoms with Crippen LogP contribution < -0.4 is 4.90 Å². The zero-order chi connectivity index (χ0) is 21.1. The Balaban J connectivity index is 1.58. The summed E-state index contributed by atoms with van der Waals surface area (Å²) in [5.74, 6) is -0.711. The average molecular weight is 404 g/mol. The zero-order valence-corrected chi connectivity index (χ0v) is 16.6. The average Bonchev–Trinajstić information content (AvgIpc) is 3.28. The molecule has 0 aliphatic carbocycles. The van der Waals surface area contributed by atoms with Gasteiger partial charge in [-0.3, -0.25) is 9.59 Å². The summed E-state index contributed by atoms with van der Waals surface area (Å²) in [7, 11) is 0. The van der Waals surface area contributed by atoms with Gasteiger partial charge in [-0.25, -0.2) is 14.6 Å². The molecule has 0 saturated heterocycles. The molecule has 2 aromatic heterocycles. The van der Waals surface area contributed by atoms with Crippen molar-refractivity contribution in [2.75, 3.05) is 4.90 Å². The third-order valence-corrected chi connectivity index (χ3v) is 5.73. The molecule has 6 heteroatoms. The molecule has 6 rings (SSSR count). The predicted octanol–water partition coefficient (Wildman–Crippen LogP) is 4.68. The zero-order valence-electron chi connectivity index (χ0n) is 16.6. The van der Waals surface area contributed by atoms with Crippen LogP contribution in [-0.4, -0.2) is 26.6 Å². The Morgan fingerprint density at radius 3 is 2.39 bits per heavy atom. The highest BCUT2D eigenvalue weighted by atomic mass is 16.2. The predicted molar refractivity (Wildman–Crippen MR) is 119 cm³/mol. The number of aryl methyl sites for hydroxylation is 1. The molecule has 0 bridgehead atoms. The summed E-state index contributed by atoms with van der Waals surface area (Å²) in [6, 6.07) is 23.0. The van der Waals surface area contributed by atoms with Gasteiger partial charge in [-0.1, -0.05) is 54.6 Å². The highest BCUT2D eigenvalue weighted by Crippen LogP contribution is 2.37. The Hall–Kier alpha value is -4.32. The minimum atomic E-state index is -0.363. The van der Waals surface area contributed by atoms with Gasteiger partial charge in [0.2, 0.25) is 0 Å². The molecule has 148 valence electrons. The SMILES string of the molecule is Cc1nn(-c2ccccc2)c2ncc3c(c12)C(=O)N(c1cccc2ccccc12)C3=O. The summed E-state index contributed by atoms with van der Waals surface area (Å²) >= 11 is 0. The van der Waals surface area contributed by atoms with Crippen molar-refractivity contribution in [1.29, 1.82) is 0 Å². The molecule has 0 spiro atoms. The highest BCUT2D eigenvalue weighted by molar-refractivity contribution is 6.38. The molecule has 0 atom stereocenters. The van der Waals surface area contributed by atoms with E-state index in [9.17, 15) is 9.59 Å². The fraction of sp³-hybridized carbons (Fsp3) is 0.0400. The van der Waals surface area contributed by atoms with Crippen LogP contribution in [0.15, 0.2) is 79.0 Å². The number of fused-ring (bicyclic) bond motifs is 4.